The molecular formula is C12H9BrN2O2S. The Morgan fingerprint density at radius 2 is 2.28 bits per heavy atom. The average Bonchev–Trinajstić information content (AvgIpc) is 2.83. The van der Waals surface area contributed by atoms with Crippen molar-refractivity contribution in [2.75, 3.05) is 7.11 Å². The molecule has 0 saturated carbocycles. The first-order valence-corrected chi connectivity index (χ1v) is 6.93. The molecule has 0 aliphatic carbocycles. The number of benzene rings is 1. The van der Waals surface area contributed by atoms with Crippen molar-refractivity contribution in [1.29, 1.82) is 0 Å². The fraction of sp³-hybridized carbons (Fsp3) is 0.167. The number of rotatable bonds is 1. The maximum Gasteiger partial charge on any atom is 0.268 e. The van der Waals surface area contributed by atoms with Gasteiger partial charge in [0.05, 0.1) is 28.1 Å². The van der Waals surface area contributed by atoms with Crippen LogP contribution in [0, 0.1) is 6.92 Å². The second-order valence-electron chi connectivity index (χ2n) is 3.94. The largest absolute Gasteiger partial charge is 0.496 e. The summed E-state index contributed by atoms with van der Waals surface area (Å²) in [5.74, 6) is 0.737. The molecule has 0 bridgehead atoms. The standard InChI is InChI=1S/C12H9BrN2O2S/c1-5-3-6(17-2)8(13)7-9(5)15-12(16)11-10(7)14-4-18-11/h3-4H,1-2H3,(H,15,16). The van der Waals surface area contributed by atoms with Gasteiger partial charge in [0, 0.05) is 5.39 Å². The number of hydrogen-bond acceptors (Lipinski definition) is 4. The van der Waals surface area contributed by atoms with Gasteiger partial charge < -0.3 is 9.72 Å². The second kappa shape index (κ2) is 4.07. The molecule has 2 aromatic heterocycles. The number of H-pyrrole nitrogens is 1. The highest BCUT2D eigenvalue weighted by Crippen LogP contribution is 2.37. The first-order chi connectivity index (χ1) is 8.63. The molecule has 4 nitrogen and oxygen atoms in total. The number of aromatic amines is 1. The molecule has 1 N–H and O–H groups in total. The summed E-state index contributed by atoms with van der Waals surface area (Å²) in [6.07, 6.45) is 0. The predicted molar refractivity (Wildman–Crippen MR) is 76.7 cm³/mol. The third-order valence-corrected chi connectivity index (χ3v) is 4.51. The Hall–Kier alpha value is -1.40. The molecular weight excluding hydrogens is 316 g/mol. The molecule has 6 heteroatoms. The van der Waals surface area contributed by atoms with E-state index in [9.17, 15) is 4.79 Å². The van der Waals surface area contributed by atoms with Gasteiger partial charge in [-0.1, -0.05) is 0 Å². The molecule has 0 aliphatic rings. The van der Waals surface area contributed by atoms with Crippen LogP contribution >= 0.6 is 27.3 Å². The van der Waals surface area contributed by atoms with Crippen LogP contribution in [0.3, 0.4) is 0 Å². The molecule has 92 valence electrons. The molecule has 18 heavy (non-hydrogen) atoms. The Morgan fingerprint density at radius 3 is 3.00 bits per heavy atom. The number of aryl methyl sites for hydroxylation is 1. The highest BCUT2D eigenvalue weighted by atomic mass is 79.9. The number of pyridine rings is 1. The summed E-state index contributed by atoms with van der Waals surface area (Å²) in [6, 6.07) is 1.89. The maximum absolute atomic E-state index is 11.9. The zero-order chi connectivity index (χ0) is 12.9. The highest BCUT2D eigenvalue weighted by molar-refractivity contribution is 9.10. The van der Waals surface area contributed by atoms with E-state index < -0.39 is 0 Å². The summed E-state index contributed by atoms with van der Waals surface area (Å²) in [5, 5.41) is 0.891. The van der Waals surface area contributed by atoms with Crippen molar-refractivity contribution in [1.82, 2.24) is 9.97 Å². The van der Waals surface area contributed by atoms with E-state index in [1.807, 2.05) is 13.0 Å². The Balaban J connectivity index is 2.66. The monoisotopic (exact) mass is 324 g/mol. The molecule has 0 fully saturated rings. The molecule has 0 aliphatic heterocycles. The van der Waals surface area contributed by atoms with Crippen molar-refractivity contribution in [2.24, 2.45) is 0 Å². The van der Waals surface area contributed by atoms with Crippen LogP contribution in [-0.2, 0) is 0 Å². The SMILES string of the molecule is COc1cc(C)c2[nH]c(=O)c3scnc3c2c1Br. The summed E-state index contributed by atoms with van der Waals surface area (Å²) < 4.78 is 6.78. The van der Waals surface area contributed by atoms with Gasteiger partial charge in [0.2, 0.25) is 0 Å². The van der Waals surface area contributed by atoms with Crippen LogP contribution in [0.15, 0.2) is 20.8 Å². The van der Waals surface area contributed by atoms with Crippen LogP contribution in [0.1, 0.15) is 5.56 Å². The number of halogens is 1. The summed E-state index contributed by atoms with van der Waals surface area (Å²) in [6.45, 7) is 1.94. The highest BCUT2D eigenvalue weighted by Gasteiger charge is 2.15. The molecule has 0 atom stereocenters. The average molecular weight is 325 g/mol. The molecule has 3 aromatic rings. The zero-order valence-corrected chi connectivity index (χ0v) is 12.1. The Bertz CT molecular complexity index is 822. The molecule has 1 aromatic carbocycles. The smallest absolute Gasteiger partial charge is 0.268 e. The van der Waals surface area contributed by atoms with E-state index >= 15 is 0 Å². The van der Waals surface area contributed by atoms with Crippen molar-refractivity contribution in [2.45, 2.75) is 6.92 Å². The normalized spacial score (nSPS) is 11.3. The summed E-state index contributed by atoms with van der Waals surface area (Å²) in [4.78, 5) is 19.1. The molecule has 0 spiro atoms. The molecule has 0 unspecified atom stereocenters. The van der Waals surface area contributed by atoms with E-state index in [-0.39, 0.29) is 5.56 Å². The van der Waals surface area contributed by atoms with Gasteiger partial charge in [0.15, 0.2) is 0 Å². The number of ether oxygens (including phenoxy) is 1. The van der Waals surface area contributed by atoms with Crippen molar-refractivity contribution in [3.63, 3.8) is 0 Å². The van der Waals surface area contributed by atoms with Crippen LogP contribution in [0.4, 0.5) is 0 Å². The topological polar surface area (TPSA) is 55.0 Å². The predicted octanol–water partition coefficient (Wildman–Crippen LogP) is 3.22. The molecule has 3 rings (SSSR count). The van der Waals surface area contributed by atoms with Crippen molar-refractivity contribution in [3.8, 4) is 5.75 Å². The number of fused-ring (bicyclic) bond motifs is 3. The van der Waals surface area contributed by atoms with Crippen LogP contribution in [-0.4, -0.2) is 17.1 Å². The quantitative estimate of drug-likeness (QED) is 0.747. The number of methoxy groups -OCH3 is 1. The van der Waals surface area contributed by atoms with Crippen molar-refractivity contribution in [3.05, 3.63) is 32.0 Å². The minimum atomic E-state index is -0.0971. The fourth-order valence-corrected chi connectivity index (χ4v) is 3.40. The van der Waals surface area contributed by atoms with Crippen LogP contribution in [0.5, 0.6) is 5.75 Å². The lowest BCUT2D eigenvalue weighted by atomic mass is 10.1. The van der Waals surface area contributed by atoms with E-state index in [0.717, 1.165) is 26.7 Å². The number of thiazole rings is 1. The second-order valence-corrected chi connectivity index (χ2v) is 5.59. The van der Waals surface area contributed by atoms with Gasteiger partial charge in [-0.05, 0) is 34.5 Å². The number of hydrogen-bond donors (Lipinski definition) is 1. The first kappa shape index (κ1) is 11.7. The van der Waals surface area contributed by atoms with Gasteiger partial charge >= 0.3 is 0 Å². The third kappa shape index (κ3) is 1.49. The Labute approximate surface area is 115 Å². The minimum Gasteiger partial charge on any atom is -0.496 e. The van der Waals surface area contributed by atoms with Crippen LogP contribution in [0.25, 0.3) is 21.1 Å². The summed E-state index contributed by atoms with van der Waals surface area (Å²) in [5.41, 5.74) is 4.05. The number of aromatic nitrogens is 2. The number of nitrogens with zero attached hydrogens (tertiary/aromatic N) is 1. The first-order valence-electron chi connectivity index (χ1n) is 5.25. The van der Waals surface area contributed by atoms with Crippen molar-refractivity contribution >= 4 is 48.4 Å². The van der Waals surface area contributed by atoms with E-state index in [0.29, 0.717) is 10.2 Å². The van der Waals surface area contributed by atoms with Gasteiger partial charge in [-0.15, -0.1) is 11.3 Å². The van der Waals surface area contributed by atoms with Gasteiger partial charge in [-0.25, -0.2) is 4.98 Å². The van der Waals surface area contributed by atoms with E-state index in [2.05, 4.69) is 25.9 Å². The van der Waals surface area contributed by atoms with E-state index in [1.165, 1.54) is 11.3 Å². The van der Waals surface area contributed by atoms with E-state index in [4.69, 9.17) is 4.74 Å². The minimum absolute atomic E-state index is 0.0971. The lowest BCUT2D eigenvalue weighted by molar-refractivity contribution is 0.412. The Kier molecular flexibility index (Phi) is 2.64. The Morgan fingerprint density at radius 1 is 1.50 bits per heavy atom. The zero-order valence-electron chi connectivity index (χ0n) is 9.70. The molecule has 0 amide bonds. The fourth-order valence-electron chi connectivity index (χ4n) is 2.05. The lowest BCUT2D eigenvalue weighted by Gasteiger charge is -2.10. The third-order valence-electron chi connectivity index (χ3n) is 2.90. The van der Waals surface area contributed by atoms with Gasteiger partial charge in [-0.2, -0.15) is 0 Å². The molecule has 2 heterocycles. The number of nitrogens with one attached hydrogen (secondary N) is 1. The molecule has 0 saturated heterocycles. The van der Waals surface area contributed by atoms with Gasteiger partial charge in [0.25, 0.3) is 5.56 Å². The maximum atomic E-state index is 11.9. The van der Waals surface area contributed by atoms with Crippen LogP contribution in [0.2, 0.25) is 0 Å². The van der Waals surface area contributed by atoms with Crippen LogP contribution < -0.4 is 10.3 Å². The van der Waals surface area contributed by atoms with Gasteiger partial charge in [-0.3, -0.25) is 4.79 Å². The summed E-state index contributed by atoms with van der Waals surface area (Å²) in [7, 11) is 1.62. The van der Waals surface area contributed by atoms with Crippen molar-refractivity contribution < 1.29 is 4.74 Å². The lowest BCUT2D eigenvalue weighted by Crippen LogP contribution is -2.06. The van der Waals surface area contributed by atoms with Gasteiger partial charge in [0.1, 0.15) is 10.4 Å². The van der Waals surface area contributed by atoms with E-state index in [1.54, 1.807) is 12.6 Å². The summed E-state index contributed by atoms with van der Waals surface area (Å²) >= 11 is 4.86. The molecule has 0 radical (unpaired) electrons.